The fraction of sp³-hybridized carbons (Fsp3) is 0.333. The number of rotatable bonds is 2. The number of hydrogen-bond acceptors (Lipinski definition) is 5. The molecule has 94 valence electrons. The quantitative estimate of drug-likeness (QED) is 0.618. The van der Waals surface area contributed by atoms with Crippen molar-refractivity contribution in [3.63, 3.8) is 0 Å². The van der Waals surface area contributed by atoms with Gasteiger partial charge in [0.1, 0.15) is 0 Å². The van der Waals surface area contributed by atoms with E-state index in [4.69, 9.17) is 4.74 Å². The van der Waals surface area contributed by atoms with Gasteiger partial charge >= 0.3 is 0 Å². The molecule has 0 N–H and O–H groups in total. The summed E-state index contributed by atoms with van der Waals surface area (Å²) in [6.45, 7) is 3.11. The molecule has 3 rings (SSSR count). The standard InChI is InChI=1S/C12H12N2O3S/c15-14(16)9-1-2-12-10(7-9)11(8-18-12)13-3-5-17-6-4-13/h1-2,7-8H,3-6H2. The highest BCUT2D eigenvalue weighted by Crippen LogP contribution is 2.35. The minimum absolute atomic E-state index is 0.149. The van der Waals surface area contributed by atoms with Gasteiger partial charge in [0.15, 0.2) is 0 Å². The molecule has 0 amide bonds. The molecule has 0 radical (unpaired) electrons. The van der Waals surface area contributed by atoms with Crippen LogP contribution in [0.2, 0.25) is 0 Å². The Hall–Kier alpha value is -1.66. The lowest BCUT2D eigenvalue weighted by molar-refractivity contribution is -0.384. The third kappa shape index (κ3) is 1.93. The molecule has 2 heterocycles. The van der Waals surface area contributed by atoms with Crippen molar-refractivity contribution in [1.29, 1.82) is 0 Å². The lowest BCUT2D eigenvalue weighted by atomic mass is 10.2. The number of benzene rings is 1. The number of nitro benzene ring substituents is 1. The van der Waals surface area contributed by atoms with Gasteiger partial charge in [0.25, 0.3) is 5.69 Å². The summed E-state index contributed by atoms with van der Waals surface area (Å²) in [6.07, 6.45) is 0. The van der Waals surface area contributed by atoms with Crippen molar-refractivity contribution in [2.75, 3.05) is 31.2 Å². The summed E-state index contributed by atoms with van der Waals surface area (Å²) in [5.74, 6) is 0. The van der Waals surface area contributed by atoms with Crippen LogP contribution in [-0.4, -0.2) is 31.2 Å². The Morgan fingerprint density at radius 3 is 2.83 bits per heavy atom. The number of morpholine rings is 1. The van der Waals surface area contributed by atoms with E-state index in [1.807, 2.05) is 6.07 Å². The van der Waals surface area contributed by atoms with E-state index in [0.717, 1.165) is 28.9 Å². The third-order valence-corrected chi connectivity index (χ3v) is 4.05. The van der Waals surface area contributed by atoms with Gasteiger partial charge in [0.2, 0.25) is 0 Å². The maximum absolute atomic E-state index is 10.8. The van der Waals surface area contributed by atoms with E-state index in [1.165, 1.54) is 0 Å². The van der Waals surface area contributed by atoms with Crippen LogP contribution >= 0.6 is 11.3 Å². The average Bonchev–Trinajstić information content (AvgIpc) is 2.82. The smallest absolute Gasteiger partial charge is 0.270 e. The van der Waals surface area contributed by atoms with E-state index >= 15 is 0 Å². The number of nitro groups is 1. The van der Waals surface area contributed by atoms with Gasteiger partial charge in [-0.1, -0.05) is 0 Å². The fourth-order valence-electron chi connectivity index (χ4n) is 2.17. The molecule has 0 atom stereocenters. The molecule has 5 nitrogen and oxygen atoms in total. The number of thiophene rings is 1. The van der Waals surface area contributed by atoms with E-state index in [1.54, 1.807) is 23.5 Å². The second-order valence-electron chi connectivity index (χ2n) is 4.16. The van der Waals surface area contributed by atoms with Crippen LogP contribution in [0.5, 0.6) is 0 Å². The summed E-state index contributed by atoms with van der Waals surface area (Å²) in [5, 5.41) is 13.9. The molecule has 2 aromatic rings. The zero-order valence-electron chi connectivity index (χ0n) is 9.67. The van der Waals surface area contributed by atoms with Crippen LogP contribution in [0.25, 0.3) is 10.1 Å². The molecule has 1 saturated heterocycles. The summed E-state index contributed by atoms with van der Waals surface area (Å²) in [7, 11) is 0. The van der Waals surface area contributed by atoms with Crippen LogP contribution in [0.1, 0.15) is 0 Å². The first-order valence-corrected chi connectivity index (χ1v) is 6.62. The molecule has 1 aromatic carbocycles. The van der Waals surface area contributed by atoms with E-state index in [2.05, 4.69) is 10.3 Å². The zero-order chi connectivity index (χ0) is 12.5. The molecule has 6 heteroatoms. The summed E-state index contributed by atoms with van der Waals surface area (Å²) in [4.78, 5) is 12.7. The predicted octanol–water partition coefficient (Wildman–Crippen LogP) is 2.65. The van der Waals surface area contributed by atoms with Crippen molar-refractivity contribution in [2.24, 2.45) is 0 Å². The highest BCUT2D eigenvalue weighted by Gasteiger charge is 2.17. The highest BCUT2D eigenvalue weighted by molar-refractivity contribution is 7.17. The van der Waals surface area contributed by atoms with Crippen LogP contribution in [0.3, 0.4) is 0 Å². The Morgan fingerprint density at radius 1 is 1.33 bits per heavy atom. The first-order valence-electron chi connectivity index (χ1n) is 5.74. The molecule has 0 aliphatic carbocycles. The SMILES string of the molecule is O=[N+]([O-])c1ccc2scc(N3CCOCC3)c2c1. The first kappa shape index (κ1) is 11.4. The average molecular weight is 264 g/mol. The molecular formula is C12H12N2O3S. The zero-order valence-corrected chi connectivity index (χ0v) is 10.5. The van der Waals surface area contributed by atoms with Gasteiger partial charge in [-0.05, 0) is 6.07 Å². The molecule has 0 saturated carbocycles. The van der Waals surface area contributed by atoms with Gasteiger partial charge in [0, 0.05) is 40.7 Å². The number of fused-ring (bicyclic) bond motifs is 1. The molecule has 1 fully saturated rings. The van der Waals surface area contributed by atoms with Gasteiger partial charge < -0.3 is 9.64 Å². The van der Waals surface area contributed by atoms with Gasteiger partial charge in [-0.15, -0.1) is 11.3 Å². The van der Waals surface area contributed by atoms with E-state index in [9.17, 15) is 10.1 Å². The van der Waals surface area contributed by atoms with Gasteiger partial charge in [-0.3, -0.25) is 10.1 Å². The minimum atomic E-state index is -0.347. The topological polar surface area (TPSA) is 55.6 Å². The molecular weight excluding hydrogens is 252 g/mol. The number of nitrogens with zero attached hydrogens (tertiary/aromatic N) is 2. The maximum Gasteiger partial charge on any atom is 0.270 e. The van der Waals surface area contributed by atoms with Crippen LogP contribution in [0.15, 0.2) is 23.6 Å². The Morgan fingerprint density at radius 2 is 2.11 bits per heavy atom. The largest absolute Gasteiger partial charge is 0.378 e. The number of hydrogen-bond donors (Lipinski definition) is 0. The summed E-state index contributed by atoms with van der Waals surface area (Å²) < 4.78 is 6.41. The van der Waals surface area contributed by atoms with Crippen molar-refractivity contribution in [3.05, 3.63) is 33.7 Å². The lowest BCUT2D eigenvalue weighted by Gasteiger charge is -2.28. The molecule has 1 aliphatic rings. The first-order chi connectivity index (χ1) is 8.75. The van der Waals surface area contributed by atoms with Crippen molar-refractivity contribution in [2.45, 2.75) is 0 Å². The van der Waals surface area contributed by atoms with E-state index in [-0.39, 0.29) is 10.6 Å². The summed E-state index contributed by atoms with van der Waals surface area (Å²) >= 11 is 1.62. The van der Waals surface area contributed by atoms with Gasteiger partial charge in [0.05, 0.1) is 23.8 Å². The van der Waals surface area contributed by atoms with Gasteiger partial charge in [-0.25, -0.2) is 0 Å². The monoisotopic (exact) mass is 264 g/mol. The molecule has 0 spiro atoms. The lowest BCUT2D eigenvalue weighted by Crippen LogP contribution is -2.35. The molecule has 1 aromatic heterocycles. The van der Waals surface area contributed by atoms with Gasteiger partial charge in [-0.2, -0.15) is 0 Å². The van der Waals surface area contributed by atoms with Crippen LogP contribution in [0, 0.1) is 10.1 Å². The fourth-order valence-corrected chi connectivity index (χ4v) is 3.12. The van der Waals surface area contributed by atoms with E-state index in [0.29, 0.717) is 13.2 Å². The summed E-state index contributed by atoms with van der Waals surface area (Å²) in [5.41, 5.74) is 1.23. The minimum Gasteiger partial charge on any atom is -0.378 e. The normalized spacial score (nSPS) is 16.1. The Labute approximate surface area is 108 Å². The van der Waals surface area contributed by atoms with Crippen LogP contribution in [0.4, 0.5) is 11.4 Å². The van der Waals surface area contributed by atoms with Crippen molar-refractivity contribution in [3.8, 4) is 0 Å². The number of anilines is 1. The molecule has 0 unspecified atom stereocenters. The summed E-state index contributed by atoms with van der Waals surface area (Å²) in [6, 6.07) is 5.04. The Balaban J connectivity index is 2.05. The Kier molecular flexibility index (Phi) is 2.89. The number of non-ortho nitro benzene ring substituents is 1. The second-order valence-corrected chi connectivity index (χ2v) is 5.07. The van der Waals surface area contributed by atoms with Crippen LogP contribution < -0.4 is 4.90 Å². The Bertz CT molecular complexity index is 590. The van der Waals surface area contributed by atoms with Crippen molar-refractivity contribution in [1.82, 2.24) is 0 Å². The predicted molar refractivity (Wildman–Crippen MR) is 71.5 cm³/mol. The molecule has 18 heavy (non-hydrogen) atoms. The second kappa shape index (κ2) is 4.55. The van der Waals surface area contributed by atoms with E-state index < -0.39 is 0 Å². The van der Waals surface area contributed by atoms with Crippen molar-refractivity contribution >= 4 is 32.8 Å². The highest BCUT2D eigenvalue weighted by atomic mass is 32.1. The molecule has 1 aliphatic heterocycles. The molecule has 0 bridgehead atoms. The number of ether oxygens (including phenoxy) is 1. The third-order valence-electron chi connectivity index (χ3n) is 3.10. The maximum atomic E-state index is 10.8. The van der Waals surface area contributed by atoms with Crippen LogP contribution in [-0.2, 0) is 4.74 Å². The van der Waals surface area contributed by atoms with Crippen molar-refractivity contribution < 1.29 is 9.66 Å².